The summed E-state index contributed by atoms with van der Waals surface area (Å²) in [4.78, 5) is 24.4. The molecule has 1 heterocycles. The Morgan fingerprint density at radius 3 is 2.44 bits per heavy atom. The van der Waals surface area contributed by atoms with Crippen molar-refractivity contribution >= 4 is 11.9 Å². The molecule has 1 amide bonds. The third-order valence-electron chi connectivity index (χ3n) is 3.30. The van der Waals surface area contributed by atoms with E-state index in [9.17, 15) is 9.59 Å². The number of amides is 1. The summed E-state index contributed by atoms with van der Waals surface area (Å²) in [6.45, 7) is 3.91. The lowest BCUT2D eigenvalue weighted by Crippen LogP contribution is -2.57. The molecular formula is C11H20N2O3. The van der Waals surface area contributed by atoms with Crippen LogP contribution in [0.3, 0.4) is 0 Å². The highest BCUT2D eigenvalue weighted by atomic mass is 16.4. The molecule has 0 saturated carbocycles. The molecule has 1 fully saturated rings. The quantitative estimate of drug-likeness (QED) is 0.736. The highest BCUT2D eigenvalue weighted by Crippen LogP contribution is 2.17. The Bertz CT molecular complexity index is 283. The Labute approximate surface area is 95.8 Å². The van der Waals surface area contributed by atoms with E-state index in [4.69, 9.17) is 5.11 Å². The number of carbonyl (C=O) groups excluding carboxylic acids is 1. The van der Waals surface area contributed by atoms with Crippen LogP contribution in [0.25, 0.3) is 0 Å². The number of carboxylic acids is 1. The molecule has 0 unspecified atom stereocenters. The second kappa shape index (κ2) is 4.82. The van der Waals surface area contributed by atoms with E-state index in [0.29, 0.717) is 0 Å². The molecule has 16 heavy (non-hydrogen) atoms. The van der Waals surface area contributed by atoms with Crippen LogP contribution in [-0.2, 0) is 9.59 Å². The van der Waals surface area contributed by atoms with Crippen LogP contribution >= 0.6 is 0 Å². The Hall–Kier alpha value is -1.10. The maximum absolute atomic E-state index is 12.0. The second-order valence-electron chi connectivity index (χ2n) is 4.76. The molecule has 0 radical (unpaired) electrons. The van der Waals surface area contributed by atoms with E-state index < -0.39 is 11.5 Å². The van der Waals surface area contributed by atoms with Crippen molar-refractivity contribution in [2.45, 2.75) is 44.7 Å². The van der Waals surface area contributed by atoms with Gasteiger partial charge < -0.3 is 15.3 Å². The molecule has 0 aromatic carbocycles. The minimum atomic E-state index is -1.16. The van der Waals surface area contributed by atoms with Gasteiger partial charge in [-0.2, -0.15) is 0 Å². The summed E-state index contributed by atoms with van der Waals surface area (Å²) in [5.41, 5.74) is -1.16. The standard InChI is InChI=1S/C11H20N2O3/c1-11(2,10(15)16)13(3)9(14)8-6-4-5-7-12-8/h8,12H,4-7H2,1-3H3,(H,15,16)/t8-/m0/s1. The summed E-state index contributed by atoms with van der Waals surface area (Å²) in [5.74, 6) is -1.12. The van der Waals surface area contributed by atoms with E-state index in [0.717, 1.165) is 25.8 Å². The first-order valence-corrected chi connectivity index (χ1v) is 5.62. The number of hydrogen-bond acceptors (Lipinski definition) is 3. The topological polar surface area (TPSA) is 69.6 Å². The van der Waals surface area contributed by atoms with Crippen molar-refractivity contribution in [3.63, 3.8) is 0 Å². The number of hydrogen-bond donors (Lipinski definition) is 2. The third-order valence-corrected chi connectivity index (χ3v) is 3.30. The summed E-state index contributed by atoms with van der Waals surface area (Å²) in [5, 5.41) is 12.2. The van der Waals surface area contributed by atoms with Gasteiger partial charge in [-0.3, -0.25) is 4.79 Å². The van der Waals surface area contributed by atoms with E-state index in [2.05, 4.69) is 5.32 Å². The molecule has 1 atom stereocenters. The second-order valence-corrected chi connectivity index (χ2v) is 4.76. The third kappa shape index (κ3) is 2.52. The molecule has 5 nitrogen and oxygen atoms in total. The fourth-order valence-corrected chi connectivity index (χ4v) is 1.72. The van der Waals surface area contributed by atoms with Gasteiger partial charge in [0.25, 0.3) is 0 Å². The largest absolute Gasteiger partial charge is 0.480 e. The lowest BCUT2D eigenvalue weighted by Gasteiger charge is -2.35. The van der Waals surface area contributed by atoms with Crippen LogP contribution in [0.1, 0.15) is 33.1 Å². The van der Waals surface area contributed by atoms with Crippen molar-refractivity contribution in [2.75, 3.05) is 13.6 Å². The minimum Gasteiger partial charge on any atom is -0.480 e. The van der Waals surface area contributed by atoms with E-state index in [1.165, 1.54) is 18.7 Å². The zero-order chi connectivity index (χ0) is 12.3. The lowest BCUT2D eigenvalue weighted by molar-refractivity contribution is -0.156. The summed E-state index contributed by atoms with van der Waals surface area (Å²) in [6, 6.07) is -0.225. The van der Waals surface area contributed by atoms with Crippen LogP contribution in [-0.4, -0.2) is 47.1 Å². The van der Waals surface area contributed by atoms with Gasteiger partial charge in [0.05, 0.1) is 6.04 Å². The Balaban J connectivity index is 2.69. The number of nitrogens with zero attached hydrogens (tertiary/aromatic N) is 1. The molecule has 0 aromatic rings. The first-order chi connectivity index (χ1) is 7.37. The molecule has 1 rings (SSSR count). The smallest absolute Gasteiger partial charge is 0.329 e. The van der Waals surface area contributed by atoms with Gasteiger partial charge in [-0.25, -0.2) is 4.79 Å². The fraction of sp³-hybridized carbons (Fsp3) is 0.818. The van der Waals surface area contributed by atoms with Gasteiger partial charge in [0.15, 0.2) is 0 Å². The van der Waals surface area contributed by atoms with Crippen LogP contribution < -0.4 is 5.32 Å². The first-order valence-electron chi connectivity index (χ1n) is 5.62. The summed E-state index contributed by atoms with van der Waals surface area (Å²) in [7, 11) is 1.55. The predicted octanol–water partition coefficient (Wildman–Crippen LogP) is 0.450. The number of piperidine rings is 1. The number of likely N-dealkylation sites (N-methyl/N-ethyl adjacent to an activating group) is 1. The molecule has 0 aromatic heterocycles. The molecule has 1 saturated heterocycles. The molecule has 5 heteroatoms. The van der Waals surface area contributed by atoms with Crippen LogP contribution in [0.15, 0.2) is 0 Å². The highest BCUT2D eigenvalue weighted by molar-refractivity contribution is 5.88. The van der Waals surface area contributed by atoms with Crippen molar-refractivity contribution in [3.8, 4) is 0 Å². The van der Waals surface area contributed by atoms with Gasteiger partial charge in [0.2, 0.25) is 5.91 Å². The summed E-state index contributed by atoms with van der Waals surface area (Å²) in [6.07, 6.45) is 2.89. The zero-order valence-electron chi connectivity index (χ0n) is 10.1. The monoisotopic (exact) mass is 228 g/mol. The minimum absolute atomic E-state index is 0.132. The van der Waals surface area contributed by atoms with E-state index in [1.54, 1.807) is 7.05 Å². The Morgan fingerprint density at radius 1 is 1.38 bits per heavy atom. The van der Waals surface area contributed by atoms with E-state index >= 15 is 0 Å². The van der Waals surface area contributed by atoms with Crippen molar-refractivity contribution in [2.24, 2.45) is 0 Å². The maximum Gasteiger partial charge on any atom is 0.329 e. The average Bonchev–Trinajstić information content (AvgIpc) is 2.28. The molecule has 1 aliphatic rings. The van der Waals surface area contributed by atoms with Gasteiger partial charge in [-0.05, 0) is 33.2 Å². The number of rotatable bonds is 3. The van der Waals surface area contributed by atoms with Crippen LogP contribution in [0, 0.1) is 0 Å². The van der Waals surface area contributed by atoms with Crippen molar-refractivity contribution in [1.29, 1.82) is 0 Å². The Morgan fingerprint density at radius 2 is 2.00 bits per heavy atom. The van der Waals surface area contributed by atoms with Crippen molar-refractivity contribution in [1.82, 2.24) is 10.2 Å². The number of carbonyl (C=O) groups is 2. The first kappa shape index (κ1) is 13.0. The zero-order valence-corrected chi connectivity index (χ0v) is 10.1. The number of carboxylic acid groups (broad SMARTS) is 1. The molecule has 0 spiro atoms. The molecule has 0 bridgehead atoms. The van der Waals surface area contributed by atoms with Gasteiger partial charge in [-0.15, -0.1) is 0 Å². The summed E-state index contributed by atoms with van der Waals surface area (Å²) < 4.78 is 0. The lowest BCUT2D eigenvalue weighted by atomic mass is 9.99. The van der Waals surface area contributed by atoms with Gasteiger partial charge in [0, 0.05) is 7.05 Å². The average molecular weight is 228 g/mol. The SMILES string of the molecule is CN(C(=O)[C@@H]1CCCCN1)C(C)(C)C(=O)O. The van der Waals surface area contributed by atoms with Crippen molar-refractivity contribution < 1.29 is 14.7 Å². The molecule has 1 aliphatic heterocycles. The van der Waals surface area contributed by atoms with E-state index in [1.807, 2.05) is 0 Å². The number of nitrogens with one attached hydrogen (secondary N) is 1. The molecular weight excluding hydrogens is 208 g/mol. The van der Waals surface area contributed by atoms with Crippen LogP contribution in [0.2, 0.25) is 0 Å². The summed E-state index contributed by atoms with van der Waals surface area (Å²) >= 11 is 0. The van der Waals surface area contributed by atoms with Crippen LogP contribution in [0.5, 0.6) is 0 Å². The van der Waals surface area contributed by atoms with Gasteiger partial charge in [0.1, 0.15) is 5.54 Å². The Kier molecular flexibility index (Phi) is 3.91. The molecule has 2 N–H and O–H groups in total. The maximum atomic E-state index is 12.0. The van der Waals surface area contributed by atoms with Gasteiger partial charge >= 0.3 is 5.97 Å². The molecule has 92 valence electrons. The van der Waals surface area contributed by atoms with Crippen LogP contribution in [0.4, 0.5) is 0 Å². The predicted molar refractivity (Wildman–Crippen MR) is 60.1 cm³/mol. The number of aliphatic carboxylic acids is 1. The fourth-order valence-electron chi connectivity index (χ4n) is 1.72. The van der Waals surface area contributed by atoms with Gasteiger partial charge in [-0.1, -0.05) is 6.42 Å². The van der Waals surface area contributed by atoms with Crippen molar-refractivity contribution in [3.05, 3.63) is 0 Å². The highest BCUT2D eigenvalue weighted by Gasteiger charge is 2.37. The normalized spacial score (nSPS) is 21.6. The van der Waals surface area contributed by atoms with E-state index in [-0.39, 0.29) is 11.9 Å². The molecule has 0 aliphatic carbocycles.